The van der Waals surface area contributed by atoms with E-state index in [4.69, 9.17) is 4.74 Å². The summed E-state index contributed by atoms with van der Waals surface area (Å²) in [6.07, 6.45) is 0.114. The molecule has 1 N–H and O–H groups in total. The summed E-state index contributed by atoms with van der Waals surface area (Å²) < 4.78 is 33.1. The zero-order valence-corrected chi connectivity index (χ0v) is 18.7. The second-order valence-electron chi connectivity index (χ2n) is 8.61. The summed E-state index contributed by atoms with van der Waals surface area (Å²) >= 11 is 0. The minimum Gasteiger partial charge on any atom is -0.372 e. The monoisotopic (exact) mass is 424 g/mol. The van der Waals surface area contributed by atoms with Crippen molar-refractivity contribution in [2.75, 3.05) is 45.8 Å². The third-order valence-electron chi connectivity index (χ3n) is 5.79. The molecule has 2 aliphatic rings. The van der Waals surface area contributed by atoms with Gasteiger partial charge in [0, 0.05) is 13.1 Å². The van der Waals surface area contributed by atoms with Crippen molar-refractivity contribution in [3.8, 4) is 0 Å². The lowest BCUT2D eigenvalue weighted by Gasteiger charge is -2.37. The molecule has 162 valence electrons. The summed E-state index contributed by atoms with van der Waals surface area (Å²) in [5.41, 5.74) is 1.13. The quantitative estimate of drug-likeness (QED) is 0.740. The van der Waals surface area contributed by atoms with E-state index in [1.807, 2.05) is 30.9 Å². The smallest absolute Gasteiger partial charge is 0.277 e. The average Bonchev–Trinajstić information content (AvgIpc) is 2.67. The van der Waals surface area contributed by atoms with Crippen LogP contribution >= 0.6 is 0 Å². The van der Waals surface area contributed by atoms with Gasteiger partial charge in [0.25, 0.3) is 5.91 Å². The van der Waals surface area contributed by atoms with E-state index >= 15 is 0 Å². The van der Waals surface area contributed by atoms with E-state index in [1.54, 1.807) is 16.4 Å². The lowest BCUT2D eigenvalue weighted by molar-refractivity contribution is -0.896. The van der Waals surface area contributed by atoms with Crippen molar-refractivity contribution in [1.82, 2.24) is 9.21 Å². The summed E-state index contributed by atoms with van der Waals surface area (Å²) in [6, 6.07) is 7.19. The molecule has 8 heteroatoms. The molecular formula is C21H34N3O4S+. The van der Waals surface area contributed by atoms with Gasteiger partial charge in [-0.05, 0) is 37.5 Å². The highest BCUT2D eigenvalue weighted by molar-refractivity contribution is 7.89. The molecule has 0 bridgehead atoms. The Hall–Kier alpha value is -1.48. The van der Waals surface area contributed by atoms with E-state index in [2.05, 4.69) is 13.8 Å². The number of piperazine rings is 1. The number of nitrogens with zero attached hydrogens (tertiary/aromatic N) is 2. The molecule has 2 atom stereocenters. The Kier molecular flexibility index (Phi) is 6.98. The normalized spacial score (nSPS) is 24.8. The highest BCUT2D eigenvalue weighted by Gasteiger charge is 2.33. The number of nitrogens with one attached hydrogen (secondary N) is 1. The van der Waals surface area contributed by atoms with Crippen LogP contribution in [0.5, 0.6) is 0 Å². The van der Waals surface area contributed by atoms with Crippen molar-refractivity contribution in [3.63, 3.8) is 0 Å². The van der Waals surface area contributed by atoms with Crippen molar-refractivity contribution in [3.05, 3.63) is 29.8 Å². The highest BCUT2D eigenvalue weighted by atomic mass is 32.2. The van der Waals surface area contributed by atoms with E-state index in [0.717, 1.165) is 10.5 Å². The minimum absolute atomic E-state index is 0.0572. The first-order chi connectivity index (χ1) is 13.7. The number of benzene rings is 1. The number of amides is 1. The number of morpholine rings is 1. The molecule has 2 aliphatic heterocycles. The van der Waals surface area contributed by atoms with Gasteiger partial charge in [-0.2, -0.15) is 4.31 Å². The van der Waals surface area contributed by atoms with Crippen LogP contribution in [-0.4, -0.2) is 81.6 Å². The Morgan fingerprint density at radius 3 is 2.17 bits per heavy atom. The van der Waals surface area contributed by atoms with E-state index in [-0.39, 0.29) is 18.1 Å². The SMILES string of the molecule is CC(C)c1ccc(S(=O)(=O)N2CC[NH+](CC(=O)N3C[C@@H](C)O[C@H](C)C3)CC2)cc1. The van der Waals surface area contributed by atoms with Gasteiger partial charge in [-0.15, -0.1) is 0 Å². The van der Waals surface area contributed by atoms with Gasteiger partial charge in [0.1, 0.15) is 0 Å². The summed E-state index contributed by atoms with van der Waals surface area (Å²) in [5, 5.41) is 0. The topological polar surface area (TPSA) is 71.4 Å². The summed E-state index contributed by atoms with van der Waals surface area (Å²) in [5.74, 6) is 0.497. The van der Waals surface area contributed by atoms with Crippen LogP contribution in [0.1, 0.15) is 39.2 Å². The third-order valence-corrected chi connectivity index (χ3v) is 7.70. The Labute approximate surface area is 174 Å². The molecule has 2 saturated heterocycles. The Bertz CT molecular complexity index is 792. The van der Waals surface area contributed by atoms with Crippen LogP contribution in [0.2, 0.25) is 0 Å². The first kappa shape index (κ1) is 22.2. The second kappa shape index (κ2) is 9.12. The van der Waals surface area contributed by atoms with Gasteiger partial charge >= 0.3 is 0 Å². The van der Waals surface area contributed by atoms with Crippen LogP contribution in [0.15, 0.2) is 29.2 Å². The average molecular weight is 425 g/mol. The molecule has 2 fully saturated rings. The summed E-state index contributed by atoms with van der Waals surface area (Å²) in [4.78, 5) is 16.0. The van der Waals surface area contributed by atoms with Gasteiger partial charge in [-0.1, -0.05) is 26.0 Å². The highest BCUT2D eigenvalue weighted by Crippen LogP contribution is 2.20. The number of carbonyl (C=O) groups excluding carboxylic acids is 1. The van der Waals surface area contributed by atoms with Gasteiger partial charge in [-0.3, -0.25) is 4.79 Å². The molecule has 7 nitrogen and oxygen atoms in total. The standard InChI is InChI=1S/C21H33N3O4S/c1-16(2)19-5-7-20(8-6-19)29(26,27)24-11-9-22(10-12-24)15-21(25)23-13-17(3)28-18(4)14-23/h5-8,16-18H,9-15H2,1-4H3/p+1/t17-,18-/m1/s1. The number of ether oxygens (including phenoxy) is 1. The predicted molar refractivity (Wildman–Crippen MR) is 111 cm³/mol. The van der Waals surface area contributed by atoms with Gasteiger partial charge in [0.2, 0.25) is 10.0 Å². The molecular weight excluding hydrogens is 390 g/mol. The number of sulfonamides is 1. The molecule has 0 unspecified atom stereocenters. The maximum atomic E-state index is 12.9. The molecule has 0 aliphatic carbocycles. The molecule has 3 rings (SSSR count). The van der Waals surface area contributed by atoms with E-state index in [0.29, 0.717) is 56.6 Å². The maximum Gasteiger partial charge on any atom is 0.277 e. The molecule has 1 amide bonds. The summed E-state index contributed by atoms with van der Waals surface area (Å²) in [6.45, 7) is 12.0. The fourth-order valence-corrected chi connectivity index (χ4v) is 5.54. The zero-order chi connectivity index (χ0) is 21.2. The van der Waals surface area contributed by atoms with Gasteiger partial charge < -0.3 is 14.5 Å². The number of hydrogen-bond acceptors (Lipinski definition) is 4. The zero-order valence-electron chi connectivity index (χ0n) is 17.9. The first-order valence-electron chi connectivity index (χ1n) is 10.5. The van der Waals surface area contributed by atoms with Gasteiger partial charge in [-0.25, -0.2) is 8.42 Å². The van der Waals surface area contributed by atoms with Gasteiger partial charge in [0.05, 0.1) is 43.3 Å². The predicted octanol–water partition coefficient (Wildman–Crippen LogP) is 0.335. The largest absolute Gasteiger partial charge is 0.372 e. The Morgan fingerprint density at radius 1 is 1.10 bits per heavy atom. The van der Waals surface area contributed by atoms with Crippen LogP contribution in [-0.2, 0) is 19.6 Å². The molecule has 1 aromatic carbocycles. The first-order valence-corrected chi connectivity index (χ1v) is 12.0. The van der Waals surface area contributed by atoms with Crippen LogP contribution < -0.4 is 4.90 Å². The minimum atomic E-state index is -3.48. The molecule has 0 spiro atoms. The lowest BCUT2D eigenvalue weighted by Crippen LogP contribution is -3.15. The van der Waals surface area contributed by atoms with Crippen LogP contribution in [0.4, 0.5) is 0 Å². The molecule has 0 saturated carbocycles. The van der Waals surface area contributed by atoms with E-state index in [9.17, 15) is 13.2 Å². The molecule has 2 heterocycles. The van der Waals surface area contributed by atoms with E-state index in [1.165, 1.54) is 0 Å². The summed E-state index contributed by atoms with van der Waals surface area (Å²) in [7, 11) is -3.48. The van der Waals surface area contributed by atoms with Crippen LogP contribution in [0.3, 0.4) is 0 Å². The maximum absolute atomic E-state index is 12.9. The third kappa shape index (κ3) is 5.36. The number of hydrogen-bond donors (Lipinski definition) is 1. The Balaban J connectivity index is 1.55. The van der Waals surface area contributed by atoms with E-state index < -0.39 is 10.0 Å². The molecule has 29 heavy (non-hydrogen) atoms. The van der Waals surface area contributed by atoms with Gasteiger partial charge in [0.15, 0.2) is 6.54 Å². The van der Waals surface area contributed by atoms with Crippen molar-refractivity contribution in [2.45, 2.75) is 50.7 Å². The molecule has 0 radical (unpaired) electrons. The van der Waals surface area contributed by atoms with Crippen LogP contribution in [0.25, 0.3) is 0 Å². The fourth-order valence-electron chi connectivity index (χ4n) is 4.10. The number of carbonyl (C=O) groups is 1. The lowest BCUT2D eigenvalue weighted by atomic mass is 10.0. The van der Waals surface area contributed by atoms with Crippen LogP contribution in [0, 0.1) is 0 Å². The van der Waals surface area contributed by atoms with Crippen molar-refractivity contribution in [1.29, 1.82) is 0 Å². The van der Waals surface area contributed by atoms with Crippen molar-refractivity contribution in [2.24, 2.45) is 0 Å². The van der Waals surface area contributed by atoms with Crippen molar-refractivity contribution >= 4 is 15.9 Å². The molecule has 0 aromatic heterocycles. The Morgan fingerprint density at radius 2 is 1.66 bits per heavy atom. The molecule has 1 aromatic rings. The fraction of sp³-hybridized carbons (Fsp3) is 0.667. The number of quaternary nitrogens is 1. The number of rotatable bonds is 5. The van der Waals surface area contributed by atoms with Crippen molar-refractivity contribution < 1.29 is 22.8 Å². The second-order valence-corrected chi connectivity index (χ2v) is 10.5.